The van der Waals surface area contributed by atoms with Gasteiger partial charge in [-0.1, -0.05) is 0 Å². The van der Waals surface area contributed by atoms with Crippen molar-refractivity contribution in [2.75, 3.05) is 18.5 Å². The van der Waals surface area contributed by atoms with Gasteiger partial charge in [0.25, 0.3) is 0 Å². The number of imide groups is 2. The fraction of sp³-hybridized carbons (Fsp3) is 0.429. The van der Waals surface area contributed by atoms with Crippen molar-refractivity contribution in [3.8, 4) is 0 Å². The second kappa shape index (κ2) is 6.17. The summed E-state index contributed by atoms with van der Waals surface area (Å²) in [7, 11) is 1.33. The van der Waals surface area contributed by atoms with E-state index in [0.717, 1.165) is 21.4 Å². The number of fused-ring (bicyclic) bond motifs is 3. The summed E-state index contributed by atoms with van der Waals surface area (Å²) >= 11 is 0. The van der Waals surface area contributed by atoms with Gasteiger partial charge in [-0.3, -0.25) is 19.8 Å². The molecule has 0 bridgehead atoms. The van der Waals surface area contributed by atoms with Crippen molar-refractivity contribution in [1.29, 1.82) is 0 Å². The Morgan fingerprint density at radius 1 is 1.17 bits per heavy atom. The van der Waals surface area contributed by atoms with Crippen molar-refractivity contribution in [2.45, 2.75) is 40.2 Å². The van der Waals surface area contributed by atoms with Gasteiger partial charge in [-0.25, -0.2) is 9.59 Å². The molecule has 1 aromatic heterocycles. The zero-order chi connectivity index (χ0) is 21.2. The predicted molar refractivity (Wildman–Crippen MR) is 107 cm³/mol. The molecule has 8 nitrogen and oxygen atoms in total. The lowest BCUT2D eigenvalue weighted by Crippen LogP contribution is -2.71. The number of rotatable bonds is 1. The van der Waals surface area contributed by atoms with Gasteiger partial charge in [0, 0.05) is 31.4 Å². The van der Waals surface area contributed by atoms with Gasteiger partial charge in [-0.15, -0.1) is 0 Å². The maximum atomic E-state index is 13.2. The lowest BCUT2D eigenvalue weighted by Gasteiger charge is -2.49. The molecule has 2 aliphatic rings. The van der Waals surface area contributed by atoms with Crippen LogP contribution in [0, 0.1) is 19.3 Å². The Kier molecular flexibility index (Phi) is 4.08. The summed E-state index contributed by atoms with van der Waals surface area (Å²) in [5, 5.41) is 3.04. The maximum absolute atomic E-state index is 13.2. The minimum atomic E-state index is -1.58. The predicted octanol–water partition coefficient (Wildman–Crippen LogP) is 1.88. The van der Waals surface area contributed by atoms with Gasteiger partial charge in [-0.05, 0) is 51.0 Å². The van der Waals surface area contributed by atoms with Gasteiger partial charge in [0.05, 0.1) is 11.3 Å². The average molecular weight is 397 g/mol. The standard InChI is InChI=1S/C21H23N3O5/c1-6-24-12(4)21(18(26)22-20(28)23(5)19(21)27)9-14-16(24)13-7-10(2)11(3)8-15(13)29-17(14)25/h7-8,12H,6,9H2,1-5H3,(H,22,26,28). The van der Waals surface area contributed by atoms with Crippen LogP contribution < -0.4 is 15.8 Å². The largest absolute Gasteiger partial charge is 0.422 e. The molecule has 3 heterocycles. The molecule has 1 aromatic carbocycles. The van der Waals surface area contributed by atoms with Crippen molar-refractivity contribution in [1.82, 2.24) is 10.2 Å². The molecule has 29 heavy (non-hydrogen) atoms. The van der Waals surface area contributed by atoms with Crippen molar-refractivity contribution in [3.63, 3.8) is 0 Å². The number of aryl methyl sites for hydroxylation is 2. The highest BCUT2D eigenvalue weighted by Gasteiger charge is 2.60. The molecule has 4 rings (SSSR count). The van der Waals surface area contributed by atoms with Gasteiger partial charge >= 0.3 is 11.7 Å². The SMILES string of the molecule is CCN1c2c(c(=O)oc3cc(C)c(C)cc23)CC2(C(=O)NC(=O)N(C)C2=O)C1C. The highest BCUT2D eigenvalue weighted by Crippen LogP contribution is 2.45. The number of nitrogens with one attached hydrogen (secondary N) is 1. The van der Waals surface area contributed by atoms with Gasteiger partial charge in [-0.2, -0.15) is 0 Å². The number of hydrogen-bond acceptors (Lipinski definition) is 6. The van der Waals surface area contributed by atoms with Crippen LogP contribution in [-0.2, 0) is 16.0 Å². The molecule has 1 saturated heterocycles. The molecule has 0 aliphatic carbocycles. The number of nitrogens with zero attached hydrogens (tertiary/aromatic N) is 2. The number of carbonyl (C=O) groups is 3. The second-order valence-corrected chi connectivity index (χ2v) is 7.88. The van der Waals surface area contributed by atoms with Crippen LogP contribution in [0.3, 0.4) is 0 Å². The van der Waals surface area contributed by atoms with Crippen LogP contribution >= 0.6 is 0 Å². The van der Waals surface area contributed by atoms with Crippen molar-refractivity contribution in [2.24, 2.45) is 5.41 Å². The first-order valence-electron chi connectivity index (χ1n) is 9.60. The molecule has 1 spiro atoms. The number of carbonyl (C=O) groups excluding carboxylic acids is 3. The van der Waals surface area contributed by atoms with E-state index in [-0.39, 0.29) is 12.0 Å². The number of anilines is 1. The number of hydrogen-bond donors (Lipinski definition) is 1. The highest BCUT2D eigenvalue weighted by atomic mass is 16.4. The lowest BCUT2D eigenvalue weighted by atomic mass is 9.69. The van der Waals surface area contributed by atoms with E-state index in [9.17, 15) is 19.2 Å². The molecule has 4 amide bonds. The minimum Gasteiger partial charge on any atom is -0.422 e. The third-order valence-corrected chi connectivity index (χ3v) is 6.47. The van der Waals surface area contributed by atoms with Crippen LogP contribution in [0.2, 0.25) is 0 Å². The van der Waals surface area contributed by atoms with Crippen LogP contribution in [-0.4, -0.2) is 42.4 Å². The van der Waals surface area contributed by atoms with Crippen LogP contribution in [0.5, 0.6) is 0 Å². The van der Waals surface area contributed by atoms with E-state index in [1.807, 2.05) is 37.8 Å². The van der Waals surface area contributed by atoms with E-state index in [0.29, 0.717) is 17.8 Å². The Bertz CT molecular complexity index is 1150. The zero-order valence-corrected chi connectivity index (χ0v) is 17.1. The smallest absolute Gasteiger partial charge is 0.341 e. The molecule has 2 unspecified atom stereocenters. The Balaban J connectivity index is 2.04. The van der Waals surface area contributed by atoms with E-state index < -0.39 is 34.9 Å². The number of amides is 4. The zero-order valence-electron chi connectivity index (χ0n) is 17.1. The molecule has 1 N–H and O–H groups in total. The quantitative estimate of drug-likeness (QED) is 0.583. The summed E-state index contributed by atoms with van der Waals surface area (Å²) in [5.74, 6) is -1.29. The fourth-order valence-corrected chi connectivity index (χ4v) is 4.59. The van der Waals surface area contributed by atoms with Crippen molar-refractivity contribution in [3.05, 3.63) is 39.2 Å². The van der Waals surface area contributed by atoms with Gasteiger partial charge < -0.3 is 9.32 Å². The van der Waals surface area contributed by atoms with E-state index in [2.05, 4.69) is 5.32 Å². The normalized spacial score (nSPS) is 24.3. The van der Waals surface area contributed by atoms with Gasteiger partial charge in [0.2, 0.25) is 11.8 Å². The van der Waals surface area contributed by atoms with Crippen LogP contribution in [0.1, 0.15) is 30.5 Å². The summed E-state index contributed by atoms with van der Waals surface area (Å²) in [5.41, 5.74) is 1.37. The molecule has 2 aromatic rings. The van der Waals surface area contributed by atoms with Crippen LogP contribution in [0.4, 0.5) is 10.5 Å². The third kappa shape index (κ3) is 2.38. The molecular weight excluding hydrogens is 374 g/mol. The van der Waals surface area contributed by atoms with Crippen LogP contribution in [0.25, 0.3) is 11.0 Å². The third-order valence-electron chi connectivity index (χ3n) is 6.47. The Morgan fingerprint density at radius 2 is 1.83 bits per heavy atom. The number of benzene rings is 1. The van der Waals surface area contributed by atoms with E-state index in [4.69, 9.17) is 4.42 Å². The molecule has 152 valence electrons. The molecule has 1 fully saturated rings. The first-order chi connectivity index (χ1) is 13.6. The monoisotopic (exact) mass is 397 g/mol. The molecular formula is C21H23N3O5. The van der Waals surface area contributed by atoms with Crippen molar-refractivity contribution >= 4 is 34.5 Å². The fourth-order valence-electron chi connectivity index (χ4n) is 4.59. The van der Waals surface area contributed by atoms with Crippen molar-refractivity contribution < 1.29 is 18.8 Å². The second-order valence-electron chi connectivity index (χ2n) is 7.88. The molecule has 0 saturated carbocycles. The topological polar surface area (TPSA) is 99.9 Å². The highest BCUT2D eigenvalue weighted by molar-refractivity contribution is 6.20. The summed E-state index contributed by atoms with van der Waals surface area (Å²) in [6, 6.07) is 2.48. The van der Waals surface area contributed by atoms with Crippen LogP contribution in [0.15, 0.2) is 21.3 Å². The Hall–Kier alpha value is -3.16. The number of urea groups is 1. The van der Waals surface area contributed by atoms with Gasteiger partial charge in [0.15, 0.2) is 5.41 Å². The average Bonchev–Trinajstić information content (AvgIpc) is 2.67. The lowest BCUT2D eigenvalue weighted by molar-refractivity contribution is -0.152. The Labute approximate surface area is 167 Å². The molecule has 0 radical (unpaired) electrons. The molecule has 8 heteroatoms. The molecule has 2 aliphatic heterocycles. The summed E-state index contributed by atoms with van der Waals surface area (Å²) in [6.07, 6.45) is -0.118. The van der Waals surface area contributed by atoms with E-state index in [1.54, 1.807) is 6.92 Å². The minimum absolute atomic E-state index is 0.118. The summed E-state index contributed by atoms with van der Waals surface area (Å²) in [4.78, 5) is 53.8. The first-order valence-corrected chi connectivity index (χ1v) is 9.60. The summed E-state index contributed by atoms with van der Waals surface area (Å²) < 4.78 is 5.57. The van der Waals surface area contributed by atoms with E-state index in [1.165, 1.54) is 7.05 Å². The Morgan fingerprint density at radius 3 is 2.48 bits per heavy atom. The van der Waals surface area contributed by atoms with Gasteiger partial charge in [0.1, 0.15) is 5.58 Å². The van der Waals surface area contributed by atoms with E-state index >= 15 is 0 Å². The summed E-state index contributed by atoms with van der Waals surface area (Å²) in [6.45, 7) is 8.09. The number of barbiturate groups is 1. The maximum Gasteiger partial charge on any atom is 0.341 e. The first kappa shape index (κ1) is 19.2. The molecule has 2 atom stereocenters.